The van der Waals surface area contributed by atoms with Crippen LogP contribution in [0.5, 0.6) is 0 Å². The van der Waals surface area contributed by atoms with Gasteiger partial charge in [0.05, 0.1) is 13.2 Å². The van der Waals surface area contributed by atoms with Gasteiger partial charge in [0.15, 0.2) is 0 Å². The second kappa shape index (κ2) is 13.9. The number of aliphatic hydroxyl groups excluding tert-OH is 2. The third kappa shape index (κ3) is 8.57. The number of phosphoric acid groups is 1. The molecule has 0 aliphatic heterocycles. The fraction of sp³-hybridized carbons (Fsp3) is 0.182. The molecule has 10 heteroatoms. The molecule has 0 fully saturated rings. The number of hydrogen-bond donors (Lipinski definition) is 4. The van der Waals surface area contributed by atoms with Crippen LogP contribution < -0.4 is 68.9 Å². The monoisotopic (exact) mass is 576 g/mol. The summed E-state index contributed by atoms with van der Waals surface area (Å²) in [6.45, 7) is -0.711. The van der Waals surface area contributed by atoms with E-state index in [0.717, 1.165) is 16.7 Å². The molecular formula is C22H24CsN2O6P. The molecule has 8 nitrogen and oxygen atoms in total. The third-order valence-corrected chi connectivity index (χ3v) is 4.85. The number of nitrogens with zero attached hydrogens (tertiary/aromatic N) is 2. The molecule has 0 radical (unpaired) electrons. The molecule has 0 saturated heterocycles. The summed E-state index contributed by atoms with van der Waals surface area (Å²) in [5.41, 5.74) is 3.54. The van der Waals surface area contributed by atoms with Gasteiger partial charge in [-0.15, -0.1) is 0 Å². The number of aromatic nitrogens is 2. The first-order chi connectivity index (χ1) is 14.4. The topological polar surface area (TPSA) is 125 Å². The number of aliphatic hydroxyl groups is 2. The van der Waals surface area contributed by atoms with E-state index in [4.69, 9.17) is 14.9 Å². The number of imidazole rings is 1. The van der Waals surface area contributed by atoms with Crippen LogP contribution in [0.15, 0.2) is 60.9 Å². The SMILES string of the molecule is O=P(O)(O)OCC(C#Cc1ccc(-c2ccc(CO)cc2)cc1)n1ccnc1CO.[CH3-].[Cs+]. The van der Waals surface area contributed by atoms with Crippen LogP contribution in [0.4, 0.5) is 0 Å². The third-order valence-electron chi connectivity index (χ3n) is 4.36. The number of phosphoric ester groups is 1. The Kier molecular flexibility index (Phi) is 12.7. The summed E-state index contributed by atoms with van der Waals surface area (Å²) in [5.74, 6) is 6.21. The Bertz CT molecular complexity index is 1080. The van der Waals surface area contributed by atoms with E-state index in [1.165, 1.54) is 10.8 Å². The molecule has 1 atom stereocenters. The molecule has 0 amide bonds. The van der Waals surface area contributed by atoms with Crippen LogP contribution in [0.1, 0.15) is 23.0 Å². The minimum atomic E-state index is -4.67. The Hall–Kier alpha value is -0.708. The standard InChI is InChI=1S/C21H21N2O6P.CH3.Cs/c24-13-17-3-8-19(9-4-17)18-6-1-16(2-7-18)5-10-20(15-29-30(26,27)28)23-12-11-22-21(23)14-25;;/h1-4,6-9,11-12,20,24-25H,13-15H2,(H2,26,27,28);1H3;/q;-1;+1. The Morgan fingerprint density at radius 3 is 2.12 bits per heavy atom. The van der Waals surface area contributed by atoms with Crippen LogP contribution in [0.25, 0.3) is 11.1 Å². The average molecular weight is 576 g/mol. The molecule has 0 aliphatic carbocycles. The summed E-state index contributed by atoms with van der Waals surface area (Å²) in [5, 5.41) is 18.5. The minimum Gasteiger partial charge on any atom is -0.392 e. The van der Waals surface area contributed by atoms with Crippen molar-refractivity contribution in [2.75, 3.05) is 6.61 Å². The zero-order valence-electron chi connectivity index (χ0n) is 17.9. The molecule has 32 heavy (non-hydrogen) atoms. The van der Waals surface area contributed by atoms with E-state index in [9.17, 15) is 9.67 Å². The Morgan fingerprint density at radius 2 is 1.59 bits per heavy atom. The van der Waals surface area contributed by atoms with E-state index < -0.39 is 13.9 Å². The van der Waals surface area contributed by atoms with Crippen molar-refractivity contribution < 1.29 is 98.0 Å². The molecule has 0 bridgehead atoms. The van der Waals surface area contributed by atoms with Gasteiger partial charge < -0.3 is 32.0 Å². The number of rotatable bonds is 7. The largest absolute Gasteiger partial charge is 1.00 e. The minimum absolute atomic E-state index is 0. The van der Waals surface area contributed by atoms with Crippen molar-refractivity contribution >= 4 is 7.82 Å². The maximum absolute atomic E-state index is 11.1. The maximum atomic E-state index is 11.1. The van der Waals surface area contributed by atoms with Crippen LogP contribution in [0.3, 0.4) is 0 Å². The van der Waals surface area contributed by atoms with Gasteiger partial charge in [0.1, 0.15) is 18.5 Å². The van der Waals surface area contributed by atoms with Crippen molar-refractivity contribution in [1.29, 1.82) is 0 Å². The molecule has 3 aromatic rings. The van der Waals surface area contributed by atoms with Crippen LogP contribution >= 0.6 is 7.82 Å². The molecule has 0 spiro atoms. The average Bonchev–Trinajstić information content (AvgIpc) is 3.22. The smallest absolute Gasteiger partial charge is 0.392 e. The fourth-order valence-corrected chi connectivity index (χ4v) is 3.16. The van der Waals surface area contributed by atoms with Gasteiger partial charge in [0.25, 0.3) is 0 Å². The van der Waals surface area contributed by atoms with Gasteiger partial charge >= 0.3 is 76.7 Å². The van der Waals surface area contributed by atoms with Gasteiger partial charge in [-0.25, -0.2) is 9.55 Å². The summed E-state index contributed by atoms with van der Waals surface area (Å²) < 4.78 is 17.2. The van der Waals surface area contributed by atoms with Crippen LogP contribution in [0.2, 0.25) is 0 Å². The van der Waals surface area contributed by atoms with Crippen molar-refractivity contribution in [3.63, 3.8) is 0 Å². The van der Waals surface area contributed by atoms with E-state index in [2.05, 4.69) is 21.3 Å². The molecule has 1 heterocycles. The quantitative estimate of drug-likeness (QED) is 0.173. The van der Waals surface area contributed by atoms with Gasteiger partial charge in [-0.3, -0.25) is 4.52 Å². The molecule has 0 saturated carbocycles. The normalized spacial score (nSPS) is 11.5. The molecule has 1 aromatic heterocycles. The molecule has 0 aliphatic rings. The van der Waals surface area contributed by atoms with E-state index in [1.54, 1.807) is 6.20 Å². The van der Waals surface area contributed by atoms with Gasteiger partial charge in [0.2, 0.25) is 0 Å². The van der Waals surface area contributed by atoms with Crippen molar-refractivity contribution in [3.05, 3.63) is 85.3 Å². The molecular weight excluding hydrogens is 552 g/mol. The Balaban J connectivity index is 0.00000256. The second-order valence-electron chi connectivity index (χ2n) is 6.41. The van der Waals surface area contributed by atoms with E-state index in [-0.39, 0.29) is 96.1 Å². The first kappa shape index (κ1) is 29.3. The zero-order valence-corrected chi connectivity index (χ0v) is 25.1. The molecule has 3 rings (SSSR count). The van der Waals surface area contributed by atoms with Crippen molar-refractivity contribution in [3.8, 4) is 23.0 Å². The first-order valence-corrected chi connectivity index (χ1v) is 10.6. The van der Waals surface area contributed by atoms with Crippen molar-refractivity contribution in [2.24, 2.45) is 0 Å². The second-order valence-corrected chi connectivity index (χ2v) is 7.65. The number of hydrogen-bond acceptors (Lipinski definition) is 5. The van der Waals surface area contributed by atoms with Crippen molar-refractivity contribution in [2.45, 2.75) is 19.3 Å². The van der Waals surface area contributed by atoms with Crippen molar-refractivity contribution in [1.82, 2.24) is 9.55 Å². The first-order valence-electron chi connectivity index (χ1n) is 9.04. The fourth-order valence-electron chi connectivity index (χ4n) is 2.82. The Labute approximate surface area is 246 Å². The van der Waals surface area contributed by atoms with Crippen LogP contribution in [-0.2, 0) is 22.3 Å². The molecule has 164 valence electrons. The Morgan fingerprint density at radius 1 is 1.00 bits per heavy atom. The predicted molar refractivity (Wildman–Crippen MR) is 116 cm³/mol. The van der Waals surface area contributed by atoms with Crippen LogP contribution in [-0.4, -0.2) is 36.2 Å². The van der Waals surface area contributed by atoms with Gasteiger partial charge in [-0.2, -0.15) is 0 Å². The van der Waals surface area contributed by atoms with E-state index in [0.29, 0.717) is 11.4 Å². The summed E-state index contributed by atoms with van der Waals surface area (Å²) in [6.07, 6.45) is 3.03. The summed E-state index contributed by atoms with van der Waals surface area (Å²) in [6, 6.07) is 14.3. The molecule has 1 unspecified atom stereocenters. The zero-order chi connectivity index (χ0) is 21.6. The van der Waals surface area contributed by atoms with Crippen LogP contribution in [0, 0.1) is 19.3 Å². The molecule has 4 N–H and O–H groups in total. The predicted octanol–water partition coefficient (Wildman–Crippen LogP) is -0.309. The van der Waals surface area contributed by atoms with Gasteiger partial charge in [-0.1, -0.05) is 48.2 Å². The molecule has 2 aromatic carbocycles. The van der Waals surface area contributed by atoms with Gasteiger partial charge in [0, 0.05) is 18.0 Å². The van der Waals surface area contributed by atoms with E-state index >= 15 is 0 Å². The van der Waals surface area contributed by atoms with E-state index in [1.807, 2.05) is 48.5 Å². The van der Waals surface area contributed by atoms with Gasteiger partial charge in [-0.05, 0) is 28.8 Å². The summed E-state index contributed by atoms with van der Waals surface area (Å²) in [4.78, 5) is 22.0. The maximum Gasteiger partial charge on any atom is 1.00 e. The summed E-state index contributed by atoms with van der Waals surface area (Å²) >= 11 is 0. The number of benzene rings is 2. The summed E-state index contributed by atoms with van der Waals surface area (Å²) in [7, 11) is -4.67.